The van der Waals surface area contributed by atoms with Crippen molar-refractivity contribution in [1.29, 1.82) is 0 Å². The van der Waals surface area contributed by atoms with E-state index in [1.54, 1.807) is 4.90 Å². The number of nitrogens with one attached hydrogen (secondary N) is 2. The summed E-state index contributed by atoms with van der Waals surface area (Å²) >= 11 is 0. The lowest BCUT2D eigenvalue weighted by molar-refractivity contribution is -0.128. The molecule has 2 aliphatic rings. The molecule has 0 aromatic heterocycles. The third-order valence-electron chi connectivity index (χ3n) is 5.97. The third kappa shape index (κ3) is 7.21. The first kappa shape index (κ1) is 24.6. The van der Waals surface area contributed by atoms with Crippen LogP contribution in [0.2, 0.25) is 0 Å². The van der Waals surface area contributed by atoms with E-state index in [0.717, 1.165) is 6.54 Å². The highest BCUT2D eigenvalue weighted by atomic mass is 16.5. The number of carbonyl (C=O) groups excluding carboxylic acids is 3. The number of amides is 3. The van der Waals surface area contributed by atoms with Gasteiger partial charge in [-0.2, -0.15) is 0 Å². The molecule has 30 heavy (non-hydrogen) atoms. The fourth-order valence-electron chi connectivity index (χ4n) is 3.53. The fraction of sp³-hybridized carbons (Fsp3) is 0.857. The SMILES string of the molecule is CC(C)C(C)C[C@H](NC(=O)N1CCOCC1)C(=O)NC1C(=O)COC1CCN(C)C. The maximum absolute atomic E-state index is 13.1. The average Bonchev–Trinajstić information content (AvgIpc) is 3.05. The Morgan fingerprint density at radius 2 is 1.87 bits per heavy atom. The molecule has 0 spiro atoms. The first-order chi connectivity index (χ1) is 14.2. The van der Waals surface area contributed by atoms with Crippen molar-refractivity contribution in [3.05, 3.63) is 0 Å². The smallest absolute Gasteiger partial charge is 0.318 e. The topological polar surface area (TPSA) is 100 Å². The van der Waals surface area contributed by atoms with Crippen LogP contribution < -0.4 is 10.6 Å². The zero-order valence-corrected chi connectivity index (χ0v) is 19.0. The molecule has 3 unspecified atom stereocenters. The number of Topliss-reactive ketones (excluding diaryl/α,β-unsaturated/α-hetero) is 1. The summed E-state index contributed by atoms with van der Waals surface area (Å²) in [4.78, 5) is 41.8. The van der Waals surface area contributed by atoms with Crippen LogP contribution in [0, 0.1) is 11.8 Å². The van der Waals surface area contributed by atoms with Gasteiger partial charge in [-0.25, -0.2) is 4.79 Å². The molecule has 2 heterocycles. The first-order valence-corrected chi connectivity index (χ1v) is 10.9. The van der Waals surface area contributed by atoms with Gasteiger partial charge in [-0.3, -0.25) is 9.59 Å². The summed E-state index contributed by atoms with van der Waals surface area (Å²) in [5.41, 5.74) is 0. The molecule has 2 aliphatic heterocycles. The van der Waals surface area contributed by atoms with Crippen molar-refractivity contribution in [3.8, 4) is 0 Å². The van der Waals surface area contributed by atoms with E-state index in [4.69, 9.17) is 9.47 Å². The van der Waals surface area contributed by atoms with E-state index in [1.807, 2.05) is 19.0 Å². The highest BCUT2D eigenvalue weighted by molar-refractivity contribution is 5.94. The Kier molecular flexibility index (Phi) is 9.51. The van der Waals surface area contributed by atoms with Gasteiger partial charge in [0, 0.05) is 19.6 Å². The lowest BCUT2D eigenvalue weighted by atomic mass is 9.90. The van der Waals surface area contributed by atoms with Gasteiger partial charge in [-0.05, 0) is 38.8 Å². The molecule has 3 amide bonds. The largest absolute Gasteiger partial charge is 0.378 e. The maximum atomic E-state index is 13.1. The average molecular weight is 427 g/mol. The number of ketones is 1. The molecule has 0 saturated carbocycles. The number of urea groups is 1. The molecule has 0 radical (unpaired) electrons. The minimum absolute atomic E-state index is 0.0102. The van der Waals surface area contributed by atoms with Gasteiger partial charge in [0.05, 0.1) is 19.3 Å². The monoisotopic (exact) mass is 426 g/mol. The molecule has 0 aliphatic carbocycles. The first-order valence-electron chi connectivity index (χ1n) is 10.9. The highest BCUT2D eigenvalue weighted by Crippen LogP contribution is 2.19. The van der Waals surface area contributed by atoms with Gasteiger partial charge in [0.15, 0.2) is 5.78 Å². The van der Waals surface area contributed by atoms with E-state index in [0.29, 0.717) is 45.1 Å². The maximum Gasteiger partial charge on any atom is 0.318 e. The Balaban J connectivity index is 2.04. The van der Waals surface area contributed by atoms with E-state index in [-0.39, 0.29) is 36.4 Å². The van der Waals surface area contributed by atoms with Gasteiger partial charge in [0.25, 0.3) is 0 Å². The minimum Gasteiger partial charge on any atom is -0.378 e. The molecule has 2 fully saturated rings. The van der Waals surface area contributed by atoms with Crippen LogP contribution in [0.4, 0.5) is 4.79 Å². The van der Waals surface area contributed by atoms with Crippen molar-refractivity contribution < 1.29 is 23.9 Å². The predicted octanol–water partition coefficient (Wildman–Crippen LogP) is 0.483. The standard InChI is InChI=1S/C21H38N4O5/c1-14(2)15(3)12-16(22-21(28)25-8-10-29-11-9-25)20(27)23-19-17(26)13-30-18(19)6-7-24(4)5/h14-16,18-19H,6-13H2,1-5H3,(H,22,28)(H,23,27)/t15?,16-,18?,19?/m0/s1. The van der Waals surface area contributed by atoms with Crippen LogP contribution in [0.3, 0.4) is 0 Å². The fourth-order valence-corrected chi connectivity index (χ4v) is 3.53. The number of carbonyl (C=O) groups is 3. The number of hydrogen-bond donors (Lipinski definition) is 2. The van der Waals surface area contributed by atoms with Crippen molar-refractivity contribution in [2.24, 2.45) is 11.8 Å². The molecule has 0 aromatic rings. The van der Waals surface area contributed by atoms with Crippen LogP contribution in [0.1, 0.15) is 33.6 Å². The molecular weight excluding hydrogens is 388 g/mol. The Morgan fingerprint density at radius 1 is 1.20 bits per heavy atom. The van der Waals surface area contributed by atoms with Gasteiger partial charge < -0.3 is 29.9 Å². The summed E-state index contributed by atoms with van der Waals surface area (Å²) in [6.07, 6.45) is 0.808. The molecule has 2 N–H and O–H groups in total. The Hall–Kier alpha value is -1.71. The summed E-state index contributed by atoms with van der Waals surface area (Å²) in [5.74, 6) is 0.140. The third-order valence-corrected chi connectivity index (χ3v) is 5.97. The van der Waals surface area contributed by atoms with E-state index in [9.17, 15) is 14.4 Å². The van der Waals surface area contributed by atoms with Crippen LogP contribution in [-0.4, -0.2) is 99.3 Å². The lowest BCUT2D eigenvalue weighted by Gasteiger charge is -2.31. The van der Waals surface area contributed by atoms with Gasteiger partial charge >= 0.3 is 6.03 Å². The minimum atomic E-state index is -0.708. The summed E-state index contributed by atoms with van der Waals surface area (Å²) in [5, 5.41) is 5.75. The number of morpholine rings is 1. The van der Waals surface area contributed by atoms with E-state index in [1.165, 1.54) is 0 Å². The van der Waals surface area contributed by atoms with Crippen molar-refractivity contribution in [2.75, 3.05) is 53.6 Å². The van der Waals surface area contributed by atoms with Crippen LogP contribution in [0.15, 0.2) is 0 Å². The van der Waals surface area contributed by atoms with Gasteiger partial charge in [0.1, 0.15) is 18.7 Å². The Bertz CT molecular complexity index is 592. The van der Waals surface area contributed by atoms with E-state index in [2.05, 4.69) is 31.4 Å². The molecule has 2 rings (SSSR count). The highest BCUT2D eigenvalue weighted by Gasteiger charge is 2.38. The van der Waals surface area contributed by atoms with Gasteiger partial charge in [-0.15, -0.1) is 0 Å². The summed E-state index contributed by atoms with van der Waals surface area (Å²) in [7, 11) is 3.91. The van der Waals surface area contributed by atoms with Crippen LogP contribution in [0.25, 0.3) is 0 Å². The number of nitrogens with zero attached hydrogens (tertiary/aromatic N) is 2. The zero-order chi connectivity index (χ0) is 22.3. The second kappa shape index (κ2) is 11.6. The van der Waals surface area contributed by atoms with Crippen molar-refractivity contribution in [1.82, 2.24) is 20.4 Å². The summed E-state index contributed by atoms with van der Waals surface area (Å²) in [6.45, 7) is 9.01. The second-order valence-corrected chi connectivity index (χ2v) is 8.95. The number of hydrogen-bond acceptors (Lipinski definition) is 6. The molecule has 172 valence electrons. The van der Waals surface area contributed by atoms with Crippen molar-refractivity contribution in [3.63, 3.8) is 0 Å². The van der Waals surface area contributed by atoms with Crippen LogP contribution >= 0.6 is 0 Å². The van der Waals surface area contributed by atoms with E-state index >= 15 is 0 Å². The van der Waals surface area contributed by atoms with Gasteiger partial charge in [0.2, 0.25) is 5.91 Å². The predicted molar refractivity (Wildman–Crippen MR) is 113 cm³/mol. The second-order valence-electron chi connectivity index (χ2n) is 8.95. The molecule has 2 saturated heterocycles. The normalized spacial score (nSPS) is 24.2. The zero-order valence-electron chi connectivity index (χ0n) is 19.0. The Morgan fingerprint density at radius 3 is 2.47 bits per heavy atom. The van der Waals surface area contributed by atoms with E-state index < -0.39 is 12.1 Å². The van der Waals surface area contributed by atoms with Crippen molar-refractivity contribution >= 4 is 17.7 Å². The molecule has 9 nitrogen and oxygen atoms in total. The summed E-state index contributed by atoms with van der Waals surface area (Å²) in [6, 6.07) is -1.65. The number of ether oxygens (including phenoxy) is 2. The quantitative estimate of drug-likeness (QED) is 0.556. The lowest BCUT2D eigenvalue weighted by Crippen LogP contribution is -2.57. The molecular formula is C21H38N4O5. The van der Waals surface area contributed by atoms with Crippen molar-refractivity contribution in [2.45, 2.75) is 51.8 Å². The molecule has 4 atom stereocenters. The van der Waals surface area contributed by atoms with Crippen LogP contribution in [-0.2, 0) is 19.1 Å². The summed E-state index contributed by atoms with van der Waals surface area (Å²) < 4.78 is 10.9. The molecule has 0 aromatic carbocycles. The van der Waals surface area contributed by atoms with Gasteiger partial charge in [-0.1, -0.05) is 20.8 Å². The number of rotatable bonds is 9. The van der Waals surface area contributed by atoms with Crippen LogP contribution in [0.5, 0.6) is 0 Å². The molecule has 0 bridgehead atoms. The molecule has 9 heteroatoms. The Labute approximate surface area is 179 Å².